The largest absolute Gasteiger partial charge is 0.349 e. The van der Waals surface area contributed by atoms with Crippen LogP contribution in [0.4, 0.5) is 0 Å². The van der Waals surface area contributed by atoms with Crippen molar-refractivity contribution in [2.75, 3.05) is 0 Å². The van der Waals surface area contributed by atoms with Crippen molar-refractivity contribution in [1.29, 1.82) is 0 Å². The number of carbonyl (C=O) groups excluding carboxylic acids is 1. The highest BCUT2D eigenvalue weighted by atomic mass is 16.2. The zero-order valence-corrected chi connectivity index (χ0v) is 11.6. The quantitative estimate of drug-likeness (QED) is 0.898. The number of amides is 1. The highest BCUT2D eigenvalue weighted by Gasteiger charge is 2.44. The maximum absolute atomic E-state index is 12.3. The molecule has 20 heavy (non-hydrogen) atoms. The highest BCUT2D eigenvalue weighted by molar-refractivity contribution is 5.83. The Kier molecular flexibility index (Phi) is 3.55. The van der Waals surface area contributed by atoms with Gasteiger partial charge in [0.05, 0.1) is 6.04 Å². The number of nitrogens with one attached hydrogen (secondary N) is 1. The Balaban J connectivity index is 1.59. The topological polar surface area (TPSA) is 29.1 Å². The molecule has 2 aromatic rings. The Morgan fingerprint density at radius 2 is 1.65 bits per heavy atom. The normalized spacial score (nSPS) is 22.1. The van der Waals surface area contributed by atoms with Gasteiger partial charge in [-0.25, -0.2) is 0 Å². The first-order valence-corrected chi connectivity index (χ1v) is 7.16. The molecule has 3 atom stereocenters. The number of hydrogen-bond donors (Lipinski definition) is 1. The summed E-state index contributed by atoms with van der Waals surface area (Å²) in [6.07, 6.45) is 0.970. The number of hydrogen-bond acceptors (Lipinski definition) is 1. The summed E-state index contributed by atoms with van der Waals surface area (Å²) < 4.78 is 0. The number of rotatable bonds is 4. The fourth-order valence-electron chi connectivity index (χ4n) is 2.70. The molecule has 0 heterocycles. The van der Waals surface area contributed by atoms with Crippen LogP contribution in [-0.2, 0) is 4.79 Å². The third-order valence-corrected chi connectivity index (χ3v) is 4.01. The molecule has 102 valence electrons. The lowest BCUT2D eigenvalue weighted by molar-refractivity contribution is -0.123. The molecule has 1 aliphatic rings. The van der Waals surface area contributed by atoms with Crippen LogP contribution in [0.1, 0.15) is 36.4 Å². The predicted molar refractivity (Wildman–Crippen MR) is 80.3 cm³/mol. The van der Waals surface area contributed by atoms with E-state index in [2.05, 4.69) is 17.4 Å². The molecule has 1 amide bonds. The average Bonchev–Trinajstić information content (AvgIpc) is 3.29. The fraction of sp³-hybridized carbons (Fsp3) is 0.278. The van der Waals surface area contributed by atoms with E-state index in [9.17, 15) is 4.79 Å². The van der Waals surface area contributed by atoms with Crippen molar-refractivity contribution >= 4 is 5.91 Å². The SMILES string of the molecule is C[C@H](NC(=O)[C@H]1C[C@H]1c1ccccc1)c1ccccc1. The minimum atomic E-state index is 0.0701. The Morgan fingerprint density at radius 3 is 2.30 bits per heavy atom. The summed E-state index contributed by atoms with van der Waals surface area (Å²) in [5.41, 5.74) is 2.43. The van der Waals surface area contributed by atoms with Crippen molar-refractivity contribution in [1.82, 2.24) is 5.32 Å². The van der Waals surface area contributed by atoms with Gasteiger partial charge in [0, 0.05) is 5.92 Å². The van der Waals surface area contributed by atoms with Gasteiger partial charge in [0.2, 0.25) is 5.91 Å². The third kappa shape index (κ3) is 2.74. The first kappa shape index (κ1) is 12.9. The molecule has 3 rings (SSSR count). The zero-order valence-electron chi connectivity index (χ0n) is 11.6. The molecule has 1 saturated carbocycles. The number of carbonyl (C=O) groups is 1. The van der Waals surface area contributed by atoms with Crippen LogP contribution in [0.5, 0.6) is 0 Å². The Morgan fingerprint density at radius 1 is 1.05 bits per heavy atom. The van der Waals surface area contributed by atoms with E-state index in [1.807, 2.05) is 55.5 Å². The lowest BCUT2D eigenvalue weighted by atomic mass is 10.1. The third-order valence-electron chi connectivity index (χ3n) is 4.01. The van der Waals surface area contributed by atoms with E-state index in [0.717, 1.165) is 12.0 Å². The van der Waals surface area contributed by atoms with Gasteiger partial charge in [0.25, 0.3) is 0 Å². The van der Waals surface area contributed by atoms with E-state index in [4.69, 9.17) is 0 Å². The summed E-state index contributed by atoms with van der Waals surface area (Å²) in [6, 6.07) is 20.5. The molecule has 0 aliphatic heterocycles. The van der Waals surface area contributed by atoms with Crippen molar-refractivity contribution in [2.45, 2.75) is 25.3 Å². The molecule has 2 heteroatoms. The summed E-state index contributed by atoms with van der Waals surface area (Å²) in [5.74, 6) is 0.720. The van der Waals surface area contributed by atoms with E-state index in [1.54, 1.807) is 0 Å². The summed E-state index contributed by atoms with van der Waals surface area (Å²) in [4.78, 5) is 12.3. The minimum Gasteiger partial charge on any atom is -0.349 e. The van der Waals surface area contributed by atoms with Gasteiger partial charge in [-0.15, -0.1) is 0 Å². The van der Waals surface area contributed by atoms with E-state index >= 15 is 0 Å². The molecule has 0 unspecified atom stereocenters. The van der Waals surface area contributed by atoms with Crippen molar-refractivity contribution < 1.29 is 4.79 Å². The highest BCUT2D eigenvalue weighted by Crippen LogP contribution is 2.47. The molecular formula is C18H19NO. The van der Waals surface area contributed by atoms with E-state index in [1.165, 1.54) is 5.56 Å². The van der Waals surface area contributed by atoms with E-state index in [0.29, 0.717) is 5.92 Å². The second-order valence-corrected chi connectivity index (χ2v) is 5.50. The van der Waals surface area contributed by atoms with Crippen molar-refractivity contribution in [3.05, 3.63) is 71.8 Å². The molecule has 2 nitrogen and oxygen atoms in total. The summed E-state index contributed by atoms with van der Waals surface area (Å²) in [7, 11) is 0. The molecule has 0 bridgehead atoms. The zero-order chi connectivity index (χ0) is 13.9. The molecule has 0 saturated heterocycles. The van der Waals surface area contributed by atoms with E-state index < -0.39 is 0 Å². The molecule has 2 aromatic carbocycles. The fourth-order valence-corrected chi connectivity index (χ4v) is 2.70. The van der Waals surface area contributed by atoms with Gasteiger partial charge in [-0.2, -0.15) is 0 Å². The van der Waals surface area contributed by atoms with Crippen molar-refractivity contribution in [2.24, 2.45) is 5.92 Å². The summed E-state index contributed by atoms with van der Waals surface area (Å²) in [5, 5.41) is 3.12. The van der Waals surface area contributed by atoms with Crippen LogP contribution in [0.2, 0.25) is 0 Å². The monoisotopic (exact) mass is 265 g/mol. The molecule has 0 radical (unpaired) electrons. The number of benzene rings is 2. The van der Waals surface area contributed by atoms with Crippen molar-refractivity contribution in [3.63, 3.8) is 0 Å². The Labute approximate surface area is 119 Å². The standard InChI is InChI=1S/C18H19NO/c1-13(14-8-4-2-5-9-14)19-18(20)17-12-16(17)15-10-6-3-7-11-15/h2-11,13,16-17H,12H2,1H3,(H,19,20)/t13-,16-,17-/m0/s1. The molecule has 1 N–H and O–H groups in total. The van der Waals surface area contributed by atoms with Crippen LogP contribution in [-0.4, -0.2) is 5.91 Å². The van der Waals surface area contributed by atoms with Gasteiger partial charge >= 0.3 is 0 Å². The van der Waals surface area contributed by atoms with Crippen LogP contribution in [0.15, 0.2) is 60.7 Å². The van der Waals surface area contributed by atoms with Crippen LogP contribution >= 0.6 is 0 Å². The minimum absolute atomic E-state index is 0.0701. The predicted octanol–water partition coefficient (Wildman–Crippen LogP) is 3.67. The van der Waals surface area contributed by atoms with Crippen LogP contribution in [0, 0.1) is 5.92 Å². The molecular weight excluding hydrogens is 246 g/mol. The molecule has 0 aromatic heterocycles. The smallest absolute Gasteiger partial charge is 0.224 e. The summed E-state index contributed by atoms with van der Waals surface area (Å²) >= 11 is 0. The second kappa shape index (κ2) is 5.49. The second-order valence-electron chi connectivity index (χ2n) is 5.50. The first-order valence-electron chi connectivity index (χ1n) is 7.16. The maximum atomic E-state index is 12.3. The molecule has 1 aliphatic carbocycles. The van der Waals surface area contributed by atoms with E-state index in [-0.39, 0.29) is 17.9 Å². The van der Waals surface area contributed by atoms with Crippen LogP contribution in [0.25, 0.3) is 0 Å². The Hall–Kier alpha value is -2.09. The Bertz CT molecular complexity index is 579. The lowest BCUT2D eigenvalue weighted by Crippen LogP contribution is -2.28. The molecule has 0 spiro atoms. The van der Waals surface area contributed by atoms with Gasteiger partial charge in [-0.05, 0) is 30.4 Å². The van der Waals surface area contributed by atoms with Gasteiger partial charge in [-0.1, -0.05) is 60.7 Å². The van der Waals surface area contributed by atoms with Gasteiger partial charge in [0.15, 0.2) is 0 Å². The summed E-state index contributed by atoms with van der Waals surface area (Å²) in [6.45, 7) is 2.03. The van der Waals surface area contributed by atoms with Gasteiger partial charge in [0.1, 0.15) is 0 Å². The first-order chi connectivity index (χ1) is 9.75. The van der Waals surface area contributed by atoms with Crippen molar-refractivity contribution in [3.8, 4) is 0 Å². The molecule has 1 fully saturated rings. The lowest BCUT2D eigenvalue weighted by Gasteiger charge is -2.14. The van der Waals surface area contributed by atoms with Crippen LogP contribution in [0.3, 0.4) is 0 Å². The van der Waals surface area contributed by atoms with Crippen LogP contribution < -0.4 is 5.32 Å². The average molecular weight is 265 g/mol. The van der Waals surface area contributed by atoms with Gasteiger partial charge in [-0.3, -0.25) is 4.79 Å². The van der Waals surface area contributed by atoms with Gasteiger partial charge < -0.3 is 5.32 Å². The maximum Gasteiger partial charge on any atom is 0.224 e.